The van der Waals surface area contributed by atoms with Crippen molar-refractivity contribution in [2.75, 3.05) is 25.6 Å². The zero-order chi connectivity index (χ0) is 25.1. The molecule has 8 heteroatoms. The second-order valence-electron chi connectivity index (χ2n) is 8.38. The number of benzene rings is 3. The Kier molecular flexibility index (Phi) is 6.40. The lowest BCUT2D eigenvalue weighted by atomic mass is 10.0. The number of ether oxygens (including phenoxy) is 2. The first-order valence-electron chi connectivity index (χ1n) is 11.6. The molecule has 1 atom stereocenters. The van der Waals surface area contributed by atoms with E-state index >= 15 is 0 Å². The first-order valence-corrected chi connectivity index (χ1v) is 11.6. The molecule has 0 radical (unpaired) electrons. The zero-order valence-corrected chi connectivity index (χ0v) is 20.0. The fraction of sp³-hybridized carbons (Fsp3) is 0.179. The van der Waals surface area contributed by atoms with Gasteiger partial charge in [-0.2, -0.15) is 5.10 Å². The molecule has 1 aliphatic rings. The van der Waals surface area contributed by atoms with Crippen LogP contribution in [0.1, 0.15) is 15.9 Å². The molecule has 36 heavy (non-hydrogen) atoms. The van der Waals surface area contributed by atoms with Gasteiger partial charge in [-0.05, 0) is 29.8 Å². The van der Waals surface area contributed by atoms with Crippen molar-refractivity contribution in [3.8, 4) is 22.8 Å². The molecule has 0 fully saturated rings. The van der Waals surface area contributed by atoms with Gasteiger partial charge in [0.25, 0.3) is 11.8 Å². The van der Waals surface area contributed by atoms with Gasteiger partial charge in [0.15, 0.2) is 6.10 Å². The van der Waals surface area contributed by atoms with E-state index in [0.717, 1.165) is 5.56 Å². The Morgan fingerprint density at radius 2 is 1.75 bits per heavy atom. The number of anilines is 1. The highest BCUT2D eigenvalue weighted by Crippen LogP contribution is 2.37. The highest BCUT2D eigenvalue weighted by atomic mass is 16.5. The van der Waals surface area contributed by atoms with Crippen molar-refractivity contribution in [3.63, 3.8) is 0 Å². The molecule has 0 aliphatic carbocycles. The Labute approximate surface area is 209 Å². The average Bonchev–Trinajstić information content (AvgIpc) is 3.35. The average molecular weight is 483 g/mol. The maximum Gasteiger partial charge on any atom is 0.262 e. The maximum atomic E-state index is 14.1. The molecule has 1 N–H and O–H groups in total. The summed E-state index contributed by atoms with van der Waals surface area (Å²) in [6.45, 7) is 0.571. The summed E-state index contributed by atoms with van der Waals surface area (Å²) in [6, 6.07) is 24.6. The summed E-state index contributed by atoms with van der Waals surface area (Å²) in [5.74, 6) is 0.509. The van der Waals surface area contributed by atoms with Crippen LogP contribution in [-0.2, 0) is 11.3 Å². The summed E-state index contributed by atoms with van der Waals surface area (Å²) in [6.07, 6.45) is 0.923. The molecule has 8 nitrogen and oxygen atoms in total. The van der Waals surface area contributed by atoms with Crippen LogP contribution in [0.15, 0.2) is 85.1 Å². The highest BCUT2D eigenvalue weighted by molar-refractivity contribution is 6.11. The predicted octanol–water partition coefficient (Wildman–Crippen LogP) is 3.76. The number of amides is 2. The van der Waals surface area contributed by atoms with E-state index in [1.54, 1.807) is 36.0 Å². The zero-order valence-electron chi connectivity index (χ0n) is 20.0. The van der Waals surface area contributed by atoms with Crippen molar-refractivity contribution in [2.45, 2.75) is 12.6 Å². The third-order valence-electron chi connectivity index (χ3n) is 6.10. The number of nitrogens with one attached hydrogen (secondary N) is 1. The quantitative estimate of drug-likeness (QED) is 0.452. The van der Waals surface area contributed by atoms with Gasteiger partial charge in [-0.25, -0.2) is 0 Å². The molecule has 1 aromatic heterocycles. The van der Waals surface area contributed by atoms with Gasteiger partial charge in [0, 0.05) is 18.8 Å². The minimum Gasteiger partial charge on any atom is -0.496 e. The molecule has 4 aromatic rings. The van der Waals surface area contributed by atoms with E-state index < -0.39 is 6.10 Å². The minimum atomic E-state index is -0.831. The number of likely N-dealkylation sites (N-methyl/N-ethyl adjacent to an activating group) is 1. The summed E-state index contributed by atoms with van der Waals surface area (Å²) in [7, 11) is 3.14. The predicted molar refractivity (Wildman–Crippen MR) is 136 cm³/mol. The van der Waals surface area contributed by atoms with E-state index in [9.17, 15) is 9.59 Å². The number of rotatable bonds is 6. The van der Waals surface area contributed by atoms with E-state index in [4.69, 9.17) is 14.6 Å². The van der Waals surface area contributed by atoms with Gasteiger partial charge in [0.05, 0.1) is 31.5 Å². The SMILES string of the molecule is CNC(=O)[C@@H]1CN(C(=O)c2cn(Cc3ccccc3)nc2-c2ccccc2OC)c2ccccc2O1. The number of aromatic nitrogens is 2. The van der Waals surface area contributed by atoms with Gasteiger partial charge in [0.1, 0.15) is 17.2 Å². The fourth-order valence-electron chi connectivity index (χ4n) is 4.34. The Morgan fingerprint density at radius 3 is 2.53 bits per heavy atom. The number of carbonyl (C=O) groups is 2. The molecule has 0 bridgehead atoms. The van der Waals surface area contributed by atoms with E-state index in [2.05, 4.69) is 5.32 Å². The van der Waals surface area contributed by atoms with Crippen molar-refractivity contribution >= 4 is 17.5 Å². The molecule has 0 unspecified atom stereocenters. The lowest BCUT2D eigenvalue weighted by Crippen LogP contribution is -2.50. The fourth-order valence-corrected chi connectivity index (χ4v) is 4.34. The summed E-state index contributed by atoms with van der Waals surface area (Å²) in [5, 5.41) is 7.42. The Balaban J connectivity index is 1.60. The van der Waals surface area contributed by atoms with Crippen LogP contribution in [0.5, 0.6) is 11.5 Å². The Bertz CT molecular complexity index is 1400. The third kappa shape index (κ3) is 4.40. The number of hydrogen-bond donors (Lipinski definition) is 1. The summed E-state index contributed by atoms with van der Waals surface area (Å²) < 4.78 is 13.2. The van der Waals surface area contributed by atoms with E-state index in [-0.39, 0.29) is 18.4 Å². The van der Waals surface area contributed by atoms with Crippen molar-refractivity contribution in [2.24, 2.45) is 0 Å². The van der Waals surface area contributed by atoms with Gasteiger partial charge in [-0.3, -0.25) is 14.3 Å². The van der Waals surface area contributed by atoms with Gasteiger partial charge in [0.2, 0.25) is 0 Å². The number of hydrogen-bond acceptors (Lipinski definition) is 5. The van der Waals surface area contributed by atoms with Crippen molar-refractivity contribution in [1.29, 1.82) is 0 Å². The van der Waals surface area contributed by atoms with Crippen LogP contribution in [-0.4, -0.2) is 48.4 Å². The molecule has 3 aromatic carbocycles. The smallest absolute Gasteiger partial charge is 0.262 e. The van der Waals surface area contributed by atoms with Gasteiger partial charge in [-0.15, -0.1) is 0 Å². The summed E-state index contributed by atoms with van der Waals surface area (Å²) >= 11 is 0. The third-order valence-corrected chi connectivity index (χ3v) is 6.10. The molecular weight excluding hydrogens is 456 g/mol. The molecule has 1 aliphatic heterocycles. The molecule has 0 saturated heterocycles. The molecular formula is C28H26N4O4. The first kappa shape index (κ1) is 23.2. The monoisotopic (exact) mass is 482 g/mol. The first-order chi connectivity index (χ1) is 17.6. The van der Waals surface area contributed by atoms with Gasteiger partial charge in [-0.1, -0.05) is 54.6 Å². The summed E-state index contributed by atoms with van der Waals surface area (Å²) in [5.41, 5.74) is 3.28. The van der Waals surface area contributed by atoms with Gasteiger partial charge < -0.3 is 19.7 Å². The minimum absolute atomic E-state index is 0.0742. The van der Waals surface area contributed by atoms with Crippen LogP contribution in [0.25, 0.3) is 11.3 Å². The standard InChI is InChI=1S/C28H26N4O4/c1-29-27(33)25-18-32(22-13-7-9-15-24(22)36-25)28(34)21-17-31(16-19-10-4-3-5-11-19)30-26(21)20-12-6-8-14-23(20)35-2/h3-15,17,25H,16,18H2,1-2H3,(H,29,33)/t25-/m0/s1. The topological polar surface area (TPSA) is 85.7 Å². The number of para-hydroxylation sites is 3. The summed E-state index contributed by atoms with van der Waals surface area (Å²) in [4.78, 5) is 28.2. The molecule has 5 rings (SSSR count). The molecule has 0 spiro atoms. The second-order valence-corrected chi connectivity index (χ2v) is 8.38. The van der Waals surface area contributed by atoms with Crippen LogP contribution in [0.4, 0.5) is 5.69 Å². The number of methoxy groups -OCH3 is 1. The molecule has 182 valence electrons. The maximum absolute atomic E-state index is 14.1. The van der Waals surface area contributed by atoms with Crippen LogP contribution in [0.2, 0.25) is 0 Å². The Morgan fingerprint density at radius 1 is 1.03 bits per heavy atom. The van der Waals surface area contributed by atoms with E-state index in [1.165, 1.54) is 0 Å². The second kappa shape index (κ2) is 9.95. The van der Waals surface area contributed by atoms with E-state index in [0.29, 0.717) is 40.6 Å². The van der Waals surface area contributed by atoms with Gasteiger partial charge >= 0.3 is 0 Å². The number of carbonyl (C=O) groups excluding carboxylic acids is 2. The molecule has 2 heterocycles. The van der Waals surface area contributed by atoms with Crippen molar-refractivity contribution in [3.05, 3.63) is 96.2 Å². The lowest BCUT2D eigenvalue weighted by molar-refractivity contribution is -0.127. The van der Waals surface area contributed by atoms with E-state index in [1.807, 2.05) is 72.8 Å². The number of fused-ring (bicyclic) bond motifs is 1. The normalized spacial score (nSPS) is 14.5. The van der Waals surface area contributed by atoms with Crippen LogP contribution in [0.3, 0.4) is 0 Å². The van der Waals surface area contributed by atoms with Crippen LogP contribution < -0.4 is 19.7 Å². The van der Waals surface area contributed by atoms with Crippen LogP contribution in [0, 0.1) is 0 Å². The van der Waals surface area contributed by atoms with Crippen LogP contribution >= 0.6 is 0 Å². The molecule has 0 saturated carbocycles. The number of nitrogens with zero attached hydrogens (tertiary/aromatic N) is 3. The highest BCUT2D eigenvalue weighted by Gasteiger charge is 2.35. The van der Waals surface area contributed by atoms with Crippen molar-refractivity contribution in [1.82, 2.24) is 15.1 Å². The van der Waals surface area contributed by atoms with Crippen molar-refractivity contribution < 1.29 is 19.1 Å². The molecule has 2 amide bonds. The largest absolute Gasteiger partial charge is 0.496 e. The Hall–Kier alpha value is -4.59. The lowest BCUT2D eigenvalue weighted by Gasteiger charge is -2.34.